The molecule has 4 nitrogen and oxygen atoms in total. The number of benzene rings is 1. The fourth-order valence-electron chi connectivity index (χ4n) is 2.66. The third kappa shape index (κ3) is 2.47. The van der Waals surface area contributed by atoms with Crippen molar-refractivity contribution >= 4 is 5.97 Å². The number of ether oxygens (including phenoxy) is 1. The monoisotopic (exact) mass is 285 g/mol. The second-order valence-electron chi connectivity index (χ2n) is 5.80. The molecule has 0 fully saturated rings. The molecule has 2 atom stereocenters. The van der Waals surface area contributed by atoms with Gasteiger partial charge in [-0.1, -0.05) is 44.2 Å². The molecule has 2 heterocycles. The summed E-state index contributed by atoms with van der Waals surface area (Å²) in [6.45, 7) is 3.91. The van der Waals surface area contributed by atoms with Gasteiger partial charge < -0.3 is 14.8 Å². The van der Waals surface area contributed by atoms with Gasteiger partial charge in [0.05, 0.1) is 17.4 Å². The van der Waals surface area contributed by atoms with Crippen LogP contribution in [0.4, 0.5) is 0 Å². The SMILES string of the molecule is CC(C)C(O)CC1OC(=O)c2c1c[nH]c2-c1ccccc1. The Bertz CT molecular complexity index is 645. The molecule has 0 bridgehead atoms. The molecular formula is C17H19NO3. The first-order valence-corrected chi connectivity index (χ1v) is 7.23. The van der Waals surface area contributed by atoms with Crippen LogP contribution in [-0.4, -0.2) is 22.2 Å². The highest BCUT2D eigenvalue weighted by Gasteiger charge is 2.36. The number of aliphatic hydroxyl groups excluding tert-OH is 1. The van der Waals surface area contributed by atoms with Crippen LogP contribution in [0.15, 0.2) is 36.5 Å². The number of rotatable bonds is 4. The van der Waals surface area contributed by atoms with Gasteiger partial charge in [-0.2, -0.15) is 0 Å². The van der Waals surface area contributed by atoms with E-state index in [2.05, 4.69) is 4.98 Å². The molecule has 4 heteroatoms. The van der Waals surface area contributed by atoms with Gasteiger partial charge in [0.2, 0.25) is 0 Å². The number of hydrogen-bond acceptors (Lipinski definition) is 3. The molecule has 1 aromatic heterocycles. The van der Waals surface area contributed by atoms with Gasteiger partial charge in [-0.3, -0.25) is 0 Å². The standard InChI is InChI=1S/C17H19NO3/c1-10(2)13(19)8-14-12-9-18-16(15(12)17(20)21-14)11-6-4-3-5-7-11/h3-7,9-10,13-14,18-19H,8H2,1-2H3. The van der Waals surface area contributed by atoms with Crippen molar-refractivity contribution < 1.29 is 14.6 Å². The van der Waals surface area contributed by atoms with E-state index in [0.717, 1.165) is 16.8 Å². The number of aliphatic hydroxyl groups is 1. The van der Waals surface area contributed by atoms with Crippen molar-refractivity contribution in [3.8, 4) is 11.3 Å². The third-order valence-electron chi connectivity index (χ3n) is 4.00. The van der Waals surface area contributed by atoms with Crippen LogP contribution in [-0.2, 0) is 4.74 Å². The molecule has 2 N–H and O–H groups in total. The van der Waals surface area contributed by atoms with E-state index in [-0.39, 0.29) is 18.0 Å². The minimum absolute atomic E-state index is 0.139. The molecular weight excluding hydrogens is 266 g/mol. The highest BCUT2D eigenvalue weighted by atomic mass is 16.5. The van der Waals surface area contributed by atoms with Crippen molar-refractivity contribution in [2.45, 2.75) is 32.5 Å². The zero-order chi connectivity index (χ0) is 15.0. The number of esters is 1. The van der Waals surface area contributed by atoms with Gasteiger partial charge in [0.1, 0.15) is 6.10 Å². The maximum Gasteiger partial charge on any atom is 0.341 e. The largest absolute Gasteiger partial charge is 0.454 e. The lowest BCUT2D eigenvalue weighted by Gasteiger charge is -2.18. The molecule has 0 radical (unpaired) electrons. The molecule has 0 aliphatic carbocycles. The summed E-state index contributed by atoms with van der Waals surface area (Å²) in [5.74, 6) is -0.175. The van der Waals surface area contributed by atoms with E-state index in [9.17, 15) is 9.90 Å². The fraction of sp³-hybridized carbons (Fsp3) is 0.353. The van der Waals surface area contributed by atoms with Gasteiger partial charge in [-0.15, -0.1) is 0 Å². The second-order valence-corrected chi connectivity index (χ2v) is 5.80. The molecule has 3 rings (SSSR count). The Hall–Kier alpha value is -2.07. The van der Waals surface area contributed by atoms with Crippen LogP contribution in [0, 0.1) is 5.92 Å². The summed E-state index contributed by atoms with van der Waals surface area (Å²) in [6.07, 6.45) is 1.41. The summed E-state index contributed by atoms with van der Waals surface area (Å²) < 4.78 is 5.44. The predicted molar refractivity (Wildman–Crippen MR) is 79.8 cm³/mol. The van der Waals surface area contributed by atoms with Crippen LogP contribution in [0.3, 0.4) is 0 Å². The van der Waals surface area contributed by atoms with Crippen molar-refractivity contribution in [2.24, 2.45) is 5.92 Å². The minimum Gasteiger partial charge on any atom is -0.454 e. The Balaban J connectivity index is 1.93. The lowest BCUT2D eigenvalue weighted by atomic mass is 9.97. The van der Waals surface area contributed by atoms with E-state index in [1.807, 2.05) is 50.4 Å². The molecule has 110 valence electrons. The number of nitrogens with one attached hydrogen (secondary N) is 1. The summed E-state index contributed by atoms with van der Waals surface area (Å²) in [4.78, 5) is 15.3. The second kappa shape index (κ2) is 5.37. The Morgan fingerprint density at radius 2 is 2.00 bits per heavy atom. The number of hydrogen-bond donors (Lipinski definition) is 2. The first kappa shape index (κ1) is 13.9. The number of aromatic nitrogens is 1. The van der Waals surface area contributed by atoms with Crippen molar-refractivity contribution in [1.29, 1.82) is 0 Å². The number of carbonyl (C=O) groups excluding carboxylic acids is 1. The van der Waals surface area contributed by atoms with Gasteiger partial charge in [-0.05, 0) is 11.5 Å². The summed E-state index contributed by atoms with van der Waals surface area (Å²) in [5, 5.41) is 10.0. The van der Waals surface area contributed by atoms with E-state index < -0.39 is 6.10 Å². The van der Waals surface area contributed by atoms with Gasteiger partial charge in [-0.25, -0.2) is 4.79 Å². The summed E-state index contributed by atoms with van der Waals surface area (Å²) in [6, 6.07) is 9.71. The average Bonchev–Trinajstić information content (AvgIpc) is 3.02. The first-order valence-electron chi connectivity index (χ1n) is 7.23. The lowest BCUT2D eigenvalue weighted by molar-refractivity contribution is 0.0159. The maximum atomic E-state index is 12.2. The molecule has 21 heavy (non-hydrogen) atoms. The van der Waals surface area contributed by atoms with Gasteiger partial charge >= 0.3 is 5.97 Å². The maximum absolute atomic E-state index is 12.2. The van der Waals surface area contributed by atoms with Crippen LogP contribution in [0.25, 0.3) is 11.3 Å². The normalized spacial score (nSPS) is 18.7. The summed E-state index contributed by atoms with van der Waals surface area (Å²) in [5.41, 5.74) is 3.19. The topological polar surface area (TPSA) is 62.3 Å². The van der Waals surface area contributed by atoms with E-state index in [1.165, 1.54) is 0 Å². The quantitative estimate of drug-likeness (QED) is 0.847. The highest BCUT2D eigenvalue weighted by molar-refractivity contribution is 6.00. The van der Waals surface area contributed by atoms with Crippen molar-refractivity contribution in [3.05, 3.63) is 47.7 Å². The smallest absolute Gasteiger partial charge is 0.341 e. The van der Waals surface area contributed by atoms with Gasteiger partial charge in [0, 0.05) is 18.2 Å². The van der Waals surface area contributed by atoms with Crippen LogP contribution in [0.2, 0.25) is 0 Å². The Morgan fingerprint density at radius 3 is 2.67 bits per heavy atom. The zero-order valence-corrected chi connectivity index (χ0v) is 12.2. The highest BCUT2D eigenvalue weighted by Crippen LogP contribution is 2.39. The first-order chi connectivity index (χ1) is 10.1. The third-order valence-corrected chi connectivity index (χ3v) is 4.00. The lowest BCUT2D eigenvalue weighted by Crippen LogP contribution is -2.18. The number of H-pyrrole nitrogens is 1. The number of cyclic esters (lactones) is 1. The summed E-state index contributed by atoms with van der Waals surface area (Å²) in [7, 11) is 0. The van der Waals surface area contributed by atoms with Crippen LogP contribution in [0.5, 0.6) is 0 Å². The van der Waals surface area contributed by atoms with Crippen molar-refractivity contribution in [1.82, 2.24) is 4.98 Å². The molecule has 1 aliphatic rings. The Kier molecular flexibility index (Phi) is 3.55. The van der Waals surface area contributed by atoms with E-state index >= 15 is 0 Å². The zero-order valence-electron chi connectivity index (χ0n) is 12.2. The van der Waals surface area contributed by atoms with Crippen molar-refractivity contribution in [3.63, 3.8) is 0 Å². The average molecular weight is 285 g/mol. The fourth-order valence-corrected chi connectivity index (χ4v) is 2.66. The summed E-state index contributed by atoms with van der Waals surface area (Å²) >= 11 is 0. The van der Waals surface area contributed by atoms with Crippen molar-refractivity contribution in [2.75, 3.05) is 0 Å². The molecule has 0 spiro atoms. The van der Waals surface area contributed by atoms with Crippen LogP contribution in [0.1, 0.15) is 42.3 Å². The van der Waals surface area contributed by atoms with Gasteiger partial charge in [0.15, 0.2) is 0 Å². The molecule has 1 aliphatic heterocycles. The van der Waals surface area contributed by atoms with Crippen LogP contribution >= 0.6 is 0 Å². The Morgan fingerprint density at radius 1 is 1.29 bits per heavy atom. The van der Waals surface area contributed by atoms with E-state index in [1.54, 1.807) is 0 Å². The molecule has 0 saturated carbocycles. The minimum atomic E-state index is -0.483. The molecule has 2 aromatic rings. The number of fused-ring (bicyclic) bond motifs is 1. The number of carbonyl (C=O) groups is 1. The molecule has 2 unspecified atom stereocenters. The molecule has 0 saturated heterocycles. The van der Waals surface area contributed by atoms with Crippen LogP contribution < -0.4 is 0 Å². The predicted octanol–water partition coefficient (Wildman–Crippen LogP) is 3.30. The molecule has 0 amide bonds. The van der Waals surface area contributed by atoms with Gasteiger partial charge in [0.25, 0.3) is 0 Å². The molecule has 1 aromatic carbocycles. The number of aromatic amines is 1. The van der Waals surface area contributed by atoms with E-state index in [0.29, 0.717) is 12.0 Å². The van der Waals surface area contributed by atoms with E-state index in [4.69, 9.17) is 4.74 Å². The Labute approximate surface area is 123 Å².